The van der Waals surface area contributed by atoms with Gasteiger partial charge in [0, 0.05) is 33.7 Å². The van der Waals surface area contributed by atoms with Crippen molar-refractivity contribution in [1.82, 2.24) is 0 Å². The van der Waals surface area contributed by atoms with Crippen LogP contribution in [-0.4, -0.2) is 33.7 Å². The molecule has 4 aliphatic rings. The van der Waals surface area contributed by atoms with Crippen LogP contribution >= 0.6 is 23.2 Å². The number of rotatable bonds is 5. The molecule has 2 aliphatic heterocycles. The van der Waals surface area contributed by atoms with Crippen molar-refractivity contribution in [3.8, 4) is 5.75 Å². The molecule has 4 amide bonds. The van der Waals surface area contributed by atoms with Gasteiger partial charge < -0.3 is 5.11 Å². The number of aromatic hydroxyl groups is 1. The average Bonchev–Trinajstić information content (AvgIpc) is 3.50. The number of amides is 4. The third kappa shape index (κ3) is 4.48. The molecule has 6 atom stereocenters. The fourth-order valence-corrected chi connectivity index (χ4v) is 9.21. The summed E-state index contributed by atoms with van der Waals surface area (Å²) in [6, 6.07) is 25.3. The lowest BCUT2D eigenvalue weighted by molar-refractivity contribution is -0.384. The highest BCUT2D eigenvalue weighted by molar-refractivity contribution is 6.32. The molecule has 0 bridgehead atoms. The van der Waals surface area contributed by atoms with Gasteiger partial charge in [-0.15, -0.1) is 0 Å². The first-order valence-corrected chi connectivity index (χ1v) is 16.8. The maximum Gasteiger partial charge on any atom is 0.271 e. The number of carbonyl (C=O) groups is 4. The van der Waals surface area contributed by atoms with Crippen molar-refractivity contribution in [2.75, 3.05) is 9.80 Å². The van der Waals surface area contributed by atoms with Gasteiger partial charge in [0.05, 0.1) is 39.5 Å². The van der Waals surface area contributed by atoms with E-state index in [1.54, 1.807) is 54.6 Å². The summed E-state index contributed by atoms with van der Waals surface area (Å²) in [6.45, 7) is 0. The first-order valence-electron chi connectivity index (χ1n) is 16.0. The number of halogens is 2. The van der Waals surface area contributed by atoms with Crippen molar-refractivity contribution in [1.29, 1.82) is 0 Å². The Bertz CT molecular complexity index is 2190. The Hall–Kier alpha value is -5.32. The Morgan fingerprint density at radius 1 is 0.760 bits per heavy atom. The number of nitro groups is 1. The quantitative estimate of drug-likeness (QED) is 0.102. The molecule has 1 saturated carbocycles. The monoisotopic (exact) mass is 707 g/mol. The number of nitro benzene ring substituents is 1. The van der Waals surface area contributed by atoms with Crippen LogP contribution in [-0.2, 0) is 24.6 Å². The number of phenolic OH excluding ortho intramolecular Hbond substituents is 1. The molecule has 0 spiro atoms. The molecule has 1 N–H and O–H groups in total. The fourth-order valence-electron chi connectivity index (χ4n) is 8.85. The maximum absolute atomic E-state index is 15.2. The summed E-state index contributed by atoms with van der Waals surface area (Å²) in [5.41, 5.74) is 0.0133. The first kappa shape index (κ1) is 31.9. The Labute approximate surface area is 295 Å². The normalized spacial score (nSPS) is 27.2. The van der Waals surface area contributed by atoms with E-state index in [4.69, 9.17) is 23.2 Å². The lowest BCUT2D eigenvalue weighted by Crippen LogP contribution is -2.53. The largest absolute Gasteiger partial charge is 0.508 e. The molecule has 12 heteroatoms. The van der Waals surface area contributed by atoms with Gasteiger partial charge in [0.25, 0.3) is 5.69 Å². The van der Waals surface area contributed by atoms with E-state index in [0.29, 0.717) is 26.7 Å². The topological polar surface area (TPSA) is 138 Å². The van der Waals surface area contributed by atoms with Crippen LogP contribution in [0.2, 0.25) is 10.0 Å². The second-order valence-electron chi connectivity index (χ2n) is 13.1. The molecule has 2 aliphatic carbocycles. The molecular formula is C38H27Cl2N3O7. The number of hydrogen-bond donors (Lipinski definition) is 1. The van der Waals surface area contributed by atoms with Crippen molar-refractivity contribution >= 4 is 63.9 Å². The van der Waals surface area contributed by atoms with Gasteiger partial charge in [-0.1, -0.05) is 77.3 Å². The molecule has 0 radical (unpaired) electrons. The van der Waals surface area contributed by atoms with Crippen LogP contribution in [0.1, 0.15) is 29.9 Å². The Kier molecular flexibility index (Phi) is 7.43. The minimum Gasteiger partial charge on any atom is -0.508 e. The molecule has 10 nitrogen and oxygen atoms in total. The van der Waals surface area contributed by atoms with Gasteiger partial charge >= 0.3 is 0 Å². The summed E-state index contributed by atoms with van der Waals surface area (Å²) in [5.74, 6) is -6.62. The molecule has 250 valence electrons. The molecular weight excluding hydrogens is 681 g/mol. The van der Waals surface area contributed by atoms with Crippen LogP contribution in [0.4, 0.5) is 17.1 Å². The van der Waals surface area contributed by atoms with Crippen molar-refractivity contribution in [2.24, 2.45) is 23.7 Å². The first-order chi connectivity index (χ1) is 24.0. The molecule has 6 unspecified atom stereocenters. The number of carbonyl (C=O) groups excluding carboxylic acids is 4. The highest BCUT2D eigenvalue weighted by Crippen LogP contribution is 2.65. The predicted octanol–water partition coefficient (Wildman–Crippen LogP) is 6.97. The number of benzene rings is 4. The lowest BCUT2D eigenvalue weighted by atomic mass is 9.49. The second-order valence-corrected chi connectivity index (χ2v) is 14.0. The number of hydrogen-bond acceptors (Lipinski definition) is 7. The minimum atomic E-state index is -1.58. The number of non-ortho nitro benzene ring substituents is 1. The van der Waals surface area contributed by atoms with Crippen molar-refractivity contribution in [2.45, 2.75) is 24.2 Å². The zero-order chi connectivity index (χ0) is 35.1. The van der Waals surface area contributed by atoms with E-state index < -0.39 is 63.6 Å². The van der Waals surface area contributed by atoms with E-state index in [1.807, 2.05) is 6.08 Å². The minimum absolute atomic E-state index is 0.0448. The van der Waals surface area contributed by atoms with Gasteiger partial charge in [-0.3, -0.25) is 29.3 Å². The van der Waals surface area contributed by atoms with E-state index in [2.05, 4.69) is 0 Å². The van der Waals surface area contributed by atoms with E-state index in [0.717, 1.165) is 9.80 Å². The number of fused-ring (bicyclic) bond motifs is 4. The van der Waals surface area contributed by atoms with Crippen molar-refractivity contribution in [3.63, 3.8) is 0 Å². The number of allylic oxidation sites excluding steroid dienone is 2. The Morgan fingerprint density at radius 2 is 1.46 bits per heavy atom. The molecule has 2 saturated heterocycles. The van der Waals surface area contributed by atoms with E-state index in [9.17, 15) is 29.6 Å². The van der Waals surface area contributed by atoms with Gasteiger partial charge in [-0.2, -0.15) is 0 Å². The van der Waals surface area contributed by atoms with E-state index in [-0.39, 0.29) is 35.7 Å². The molecule has 4 aromatic carbocycles. The lowest BCUT2D eigenvalue weighted by Gasteiger charge is -2.50. The van der Waals surface area contributed by atoms with E-state index >= 15 is 4.79 Å². The van der Waals surface area contributed by atoms with Gasteiger partial charge in [0.15, 0.2) is 0 Å². The standard InChI is InChI=1S/C38H27Cl2N3O7/c39-21-8-4-9-23(16-21)42-35(46)30-19-28-26(13-14-27-32(28)36(47)41(34(27)45)24-10-5-11-25(18-24)43(49)50)33(29-17-22(40)12-15-31(29)44)38(30,37(42)48)20-6-2-1-3-7-20/h1-13,15-18,27-28,30,32-33,44H,14,19H2. The highest BCUT2D eigenvalue weighted by atomic mass is 35.5. The summed E-state index contributed by atoms with van der Waals surface area (Å²) in [5, 5.41) is 23.7. The fraction of sp³-hybridized carbons (Fsp3) is 0.211. The maximum atomic E-state index is 15.2. The molecule has 50 heavy (non-hydrogen) atoms. The van der Waals surface area contributed by atoms with Gasteiger partial charge in [0.1, 0.15) is 5.75 Å². The van der Waals surface area contributed by atoms with Crippen LogP contribution in [0.3, 0.4) is 0 Å². The number of phenols is 1. The number of nitrogens with zero attached hydrogens (tertiary/aromatic N) is 3. The average molecular weight is 709 g/mol. The van der Waals surface area contributed by atoms with Gasteiger partial charge in [-0.05, 0) is 66.8 Å². The third-order valence-corrected chi connectivity index (χ3v) is 11.2. The third-order valence-electron chi connectivity index (χ3n) is 10.8. The van der Waals surface area contributed by atoms with Crippen LogP contribution < -0.4 is 9.80 Å². The summed E-state index contributed by atoms with van der Waals surface area (Å²) in [6.07, 6.45) is 2.04. The van der Waals surface area contributed by atoms with Crippen LogP contribution in [0, 0.1) is 33.8 Å². The van der Waals surface area contributed by atoms with Gasteiger partial charge in [0.2, 0.25) is 23.6 Å². The SMILES string of the molecule is O=C1C2CC=C3C(CC4C(=O)N(c5cccc(Cl)c5)C(=O)C4(c4ccccc4)C3c3cc(Cl)ccc3O)C2C(=O)N1c1cccc([N+](=O)[O-])c1. The number of anilines is 2. The molecule has 8 rings (SSSR count). The van der Waals surface area contributed by atoms with Crippen LogP contribution in [0.15, 0.2) is 109 Å². The van der Waals surface area contributed by atoms with Gasteiger partial charge in [-0.25, -0.2) is 9.80 Å². The Morgan fingerprint density at radius 3 is 2.18 bits per heavy atom. The number of imide groups is 2. The Balaban J connectivity index is 1.35. The van der Waals surface area contributed by atoms with Crippen LogP contribution in [0.25, 0.3) is 0 Å². The zero-order valence-electron chi connectivity index (χ0n) is 26.1. The van der Waals surface area contributed by atoms with Crippen molar-refractivity contribution in [3.05, 3.63) is 140 Å². The summed E-state index contributed by atoms with van der Waals surface area (Å²) < 4.78 is 0. The highest BCUT2D eigenvalue weighted by Gasteiger charge is 2.70. The molecule has 0 aromatic heterocycles. The molecule has 3 fully saturated rings. The second kappa shape index (κ2) is 11.6. The van der Waals surface area contributed by atoms with Crippen LogP contribution in [0.5, 0.6) is 5.75 Å². The molecule has 2 heterocycles. The molecule has 4 aromatic rings. The van der Waals surface area contributed by atoms with E-state index in [1.165, 1.54) is 42.5 Å². The summed E-state index contributed by atoms with van der Waals surface area (Å²) in [4.78, 5) is 71.5. The zero-order valence-corrected chi connectivity index (χ0v) is 27.6. The van der Waals surface area contributed by atoms with Crippen molar-refractivity contribution < 1.29 is 29.2 Å². The predicted molar refractivity (Wildman–Crippen MR) is 185 cm³/mol. The summed E-state index contributed by atoms with van der Waals surface area (Å²) in [7, 11) is 0. The smallest absolute Gasteiger partial charge is 0.271 e. The summed E-state index contributed by atoms with van der Waals surface area (Å²) >= 11 is 12.9.